The highest BCUT2D eigenvalue weighted by molar-refractivity contribution is 8.77. The molecule has 130 valence electrons. The predicted molar refractivity (Wildman–Crippen MR) is 104 cm³/mol. The molecule has 2 atom stereocenters. The minimum absolute atomic E-state index is 0.0912. The zero-order valence-corrected chi connectivity index (χ0v) is 16.9. The second-order valence-corrected chi connectivity index (χ2v) is 10.0. The Morgan fingerprint density at radius 1 is 0.667 bits per heavy atom. The molecule has 0 aromatic carbocycles. The molecule has 2 aromatic rings. The maximum absolute atomic E-state index is 4.44. The molecule has 0 aliphatic rings. The van der Waals surface area contributed by atoms with Crippen molar-refractivity contribution in [2.45, 2.75) is 62.9 Å². The van der Waals surface area contributed by atoms with Gasteiger partial charge in [-0.3, -0.25) is 0 Å². The van der Waals surface area contributed by atoms with Crippen LogP contribution in [0.25, 0.3) is 0 Å². The van der Waals surface area contributed by atoms with E-state index in [2.05, 4.69) is 61.5 Å². The lowest BCUT2D eigenvalue weighted by atomic mass is 9.88. The zero-order valence-electron chi connectivity index (χ0n) is 15.2. The third-order valence-electron chi connectivity index (χ3n) is 4.66. The number of nitrogens with zero attached hydrogens (tertiary/aromatic N) is 4. The van der Waals surface area contributed by atoms with Crippen LogP contribution in [0.1, 0.15) is 53.2 Å². The summed E-state index contributed by atoms with van der Waals surface area (Å²) in [6.07, 6.45) is 7.25. The van der Waals surface area contributed by atoms with Crippen LogP contribution in [0.2, 0.25) is 0 Å². The Balaban J connectivity index is 2.02. The maximum atomic E-state index is 4.44. The Kier molecular flexibility index (Phi) is 6.26. The molecule has 24 heavy (non-hydrogen) atoms. The molecule has 0 bridgehead atoms. The van der Waals surface area contributed by atoms with E-state index in [0.29, 0.717) is 10.5 Å². The van der Waals surface area contributed by atoms with Gasteiger partial charge in [-0.2, -0.15) is 0 Å². The fourth-order valence-corrected chi connectivity index (χ4v) is 5.50. The van der Waals surface area contributed by atoms with E-state index in [0.717, 1.165) is 11.6 Å². The van der Waals surface area contributed by atoms with Crippen LogP contribution < -0.4 is 0 Å². The first kappa shape index (κ1) is 19.2. The average molecular weight is 363 g/mol. The van der Waals surface area contributed by atoms with Crippen LogP contribution in [-0.2, 0) is 10.8 Å². The van der Waals surface area contributed by atoms with E-state index >= 15 is 0 Å². The van der Waals surface area contributed by atoms with E-state index in [1.165, 1.54) is 0 Å². The molecular weight excluding hydrogens is 336 g/mol. The Morgan fingerprint density at radius 3 is 1.25 bits per heavy atom. The van der Waals surface area contributed by atoms with Crippen molar-refractivity contribution in [2.75, 3.05) is 0 Å². The lowest BCUT2D eigenvalue weighted by Gasteiger charge is -2.33. The first-order valence-electron chi connectivity index (χ1n) is 8.13. The second-order valence-electron chi connectivity index (χ2n) is 7.07. The molecule has 6 heteroatoms. The van der Waals surface area contributed by atoms with E-state index in [-0.39, 0.29) is 10.8 Å². The van der Waals surface area contributed by atoms with Gasteiger partial charge >= 0.3 is 0 Å². The fourth-order valence-electron chi connectivity index (χ4n) is 2.03. The molecule has 0 N–H and O–H groups in total. The van der Waals surface area contributed by atoms with Crippen LogP contribution in [0.5, 0.6) is 0 Å². The quantitative estimate of drug-likeness (QED) is 0.667. The highest BCUT2D eigenvalue weighted by atomic mass is 33.1. The molecule has 0 aliphatic heterocycles. The molecule has 0 spiro atoms. The lowest BCUT2D eigenvalue weighted by molar-refractivity contribution is 0.483. The van der Waals surface area contributed by atoms with Gasteiger partial charge in [0.05, 0.1) is 0 Å². The summed E-state index contributed by atoms with van der Waals surface area (Å²) in [6, 6.07) is 3.72. The fraction of sp³-hybridized carbons (Fsp3) is 0.556. The van der Waals surface area contributed by atoms with Gasteiger partial charge in [0, 0.05) is 46.1 Å². The van der Waals surface area contributed by atoms with Crippen molar-refractivity contribution in [3.8, 4) is 0 Å². The minimum Gasteiger partial charge on any atom is -0.241 e. The van der Waals surface area contributed by atoms with E-state index in [9.17, 15) is 0 Å². The first-order chi connectivity index (χ1) is 11.3. The van der Waals surface area contributed by atoms with Crippen LogP contribution in [0.3, 0.4) is 0 Å². The van der Waals surface area contributed by atoms with Crippen molar-refractivity contribution < 1.29 is 0 Å². The molecule has 4 nitrogen and oxygen atoms in total. The molecule has 2 unspecified atom stereocenters. The van der Waals surface area contributed by atoms with E-state index in [1.54, 1.807) is 0 Å². The molecule has 0 saturated carbocycles. The standard InChI is InChI=1S/C18H26N4S2/c1-13(17(3,4)15-19-9-7-10-20-15)23-24-14(2)18(5,6)16-21-11-8-12-22-16/h7-14H,1-6H3. The van der Waals surface area contributed by atoms with Crippen molar-refractivity contribution in [1.29, 1.82) is 0 Å². The lowest BCUT2D eigenvalue weighted by Crippen LogP contribution is -2.33. The molecule has 2 aromatic heterocycles. The molecular formula is C18H26N4S2. The molecule has 0 fully saturated rings. The summed E-state index contributed by atoms with van der Waals surface area (Å²) in [7, 11) is 3.78. The van der Waals surface area contributed by atoms with Crippen molar-refractivity contribution in [2.24, 2.45) is 0 Å². The number of aromatic nitrogens is 4. The largest absolute Gasteiger partial charge is 0.241 e. The van der Waals surface area contributed by atoms with Crippen LogP contribution in [0.4, 0.5) is 0 Å². The van der Waals surface area contributed by atoms with Gasteiger partial charge in [0.1, 0.15) is 11.6 Å². The van der Waals surface area contributed by atoms with Crippen LogP contribution in [-0.4, -0.2) is 30.4 Å². The van der Waals surface area contributed by atoms with Crippen molar-refractivity contribution in [1.82, 2.24) is 19.9 Å². The SMILES string of the molecule is CC(SSC(C)C(C)(C)c1ncccn1)C(C)(C)c1ncccn1. The van der Waals surface area contributed by atoms with E-state index in [4.69, 9.17) is 0 Å². The third-order valence-corrected chi connectivity index (χ3v) is 8.59. The summed E-state index contributed by atoms with van der Waals surface area (Å²) >= 11 is 0. The van der Waals surface area contributed by atoms with Gasteiger partial charge in [0.25, 0.3) is 0 Å². The predicted octanol–water partition coefficient (Wildman–Crippen LogP) is 4.68. The smallest absolute Gasteiger partial charge is 0.134 e. The van der Waals surface area contributed by atoms with Gasteiger partial charge in [-0.05, 0) is 12.1 Å². The highest BCUT2D eigenvalue weighted by Crippen LogP contribution is 2.44. The van der Waals surface area contributed by atoms with E-state index in [1.807, 2.05) is 58.5 Å². The van der Waals surface area contributed by atoms with Crippen LogP contribution in [0, 0.1) is 0 Å². The summed E-state index contributed by atoms with van der Waals surface area (Å²) in [5, 5.41) is 0.750. The summed E-state index contributed by atoms with van der Waals surface area (Å²) < 4.78 is 0. The molecule has 2 rings (SSSR count). The minimum atomic E-state index is -0.0912. The van der Waals surface area contributed by atoms with Gasteiger partial charge in [-0.1, -0.05) is 63.1 Å². The van der Waals surface area contributed by atoms with Crippen LogP contribution in [0.15, 0.2) is 36.9 Å². The van der Waals surface area contributed by atoms with Crippen molar-refractivity contribution in [3.05, 3.63) is 48.6 Å². The monoisotopic (exact) mass is 362 g/mol. The maximum Gasteiger partial charge on any atom is 0.134 e. The molecule has 0 aliphatic carbocycles. The van der Waals surface area contributed by atoms with Gasteiger partial charge in [-0.15, -0.1) is 0 Å². The summed E-state index contributed by atoms with van der Waals surface area (Å²) in [4.78, 5) is 17.8. The van der Waals surface area contributed by atoms with Crippen molar-refractivity contribution in [3.63, 3.8) is 0 Å². The topological polar surface area (TPSA) is 51.6 Å². The molecule has 0 saturated heterocycles. The Morgan fingerprint density at radius 2 is 0.958 bits per heavy atom. The number of rotatable bonds is 7. The normalized spacial score (nSPS) is 15.1. The Labute approximate surface area is 153 Å². The number of hydrogen-bond donors (Lipinski definition) is 0. The summed E-state index contributed by atoms with van der Waals surface area (Å²) in [6.45, 7) is 13.3. The Hall–Kier alpha value is -1.14. The third kappa shape index (κ3) is 4.28. The van der Waals surface area contributed by atoms with Crippen molar-refractivity contribution >= 4 is 21.6 Å². The number of hydrogen-bond acceptors (Lipinski definition) is 6. The van der Waals surface area contributed by atoms with Gasteiger partial charge in [-0.25, -0.2) is 19.9 Å². The van der Waals surface area contributed by atoms with Gasteiger partial charge < -0.3 is 0 Å². The van der Waals surface area contributed by atoms with Gasteiger partial charge in [0.15, 0.2) is 0 Å². The zero-order chi connectivity index (χ0) is 17.8. The summed E-state index contributed by atoms with van der Waals surface area (Å²) in [5.41, 5.74) is -0.182. The Bertz CT molecular complexity index is 574. The van der Waals surface area contributed by atoms with E-state index < -0.39 is 0 Å². The first-order valence-corrected chi connectivity index (χ1v) is 10.4. The molecule has 0 amide bonds. The molecule has 2 heterocycles. The summed E-state index contributed by atoms with van der Waals surface area (Å²) in [5.74, 6) is 1.79. The van der Waals surface area contributed by atoms with Gasteiger partial charge in [0.2, 0.25) is 0 Å². The highest BCUT2D eigenvalue weighted by Gasteiger charge is 2.35. The average Bonchev–Trinajstić information content (AvgIpc) is 2.60. The molecule has 0 radical (unpaired) electrons. The van der Waals surface area contributed by atoms with Crippen LogP contribution >= 0.6 is 21.6 Å². The second kappa shape index (κ2) is 7.83.